The molecule has 1 N–H and O–H groups in total. The summed E-state index contributed by atoms with van der Waals surface area (Å²) in [4.78, 5) is 0. The van der Waals surface area contributed by atoms with Crippen molar-refractivity contribution in [3.05, 3.63) is 42.2 Å². The van der Waals surface area contributed by atoms with Gasteiger partial charge < -0.3 is 28.1 Å². The fourth-order valence-electron chi connectivity index (χ4n) is 6.24. The number of hydrogen-bond acceptors (Lipinski definition) is 8. The second kappa shape index (κ2) is 17.7. The van der Waals surface area contributed by atoms with Gasteiger partial charge in [0.15, 0.2) is 20.9 Å². The Bertz CT molecular complexity index is 1290. The van der Waals surface area contributed by atoms with E-state index in [2.05, 4.69) is 51.8 Å². The van der Waals surface area contributed by atoms with E-state index in [4.69, 9.17) is 28.1 Å². The van der Waals surface area contributed by atoms with Gasteiger partial charge in [0.05, 0.1) is 25.4 Å². The van der Waals surface area contributed by atoms with Gasteiger partial charge in [-0.25, -0.2) is 0 Å². The third-order valence-corrected chi connectivity index (χ3v) is 14.7. The Labute approximate surface area is 283 Å². The highest BCUT2D eigenvalue weighted by Crippen LogP contribution is 2.48. The smallest absolute Gasteiger partial charge is 0.276 e. The van der Waals surface area contributed by atoms with Gasteiger partial charge in [0.1, 0.15) is 17.3 Å². The third kappa shape index (κ3) is 12.2. The molecule has 3 fully saturated rings. The van der Waals surface area contributed by atoms with E-state index in [0.29, 0.717) is 45.5 Å². The predicted molar refractivity (Wildman–Crippen MR) is 185 cm³/mol. The van der Waals surface area contributed by atoms with Crippen molar-refractivity contribution in [2.75, 3.05) is 25.6 Å². The summed E-state index contributed by atoms with van der Waals surface area (Å²) in [5, 5.41) is 0.00759. The highest BCUT2D eigenvalue weighted by atomic mass is 32.2. The molecule has 6 atom stereocenters. The second-order valence-corrected chi connectivity index (χ2v) is 20.6. The molecule has 9 nitrogen and oxygen atoms in total. The van der Waals surface area contributed by atoms with Gasteiger partial charge >= 0.3 is 0 Å². The van der Waals surface area contributed by atoms with Gasteiger partial charge in [-0.1, -0.05) is 44.9 Å². The van der Waals surface area contributed by atoms with Crippen molar-refractivity contribution in [1.82, 2.24) is 0 Å². The van der Waals surface area contributed by atoms with Gasteiger partial charge in [-0.05, 0) is 87.2 Å². The molecule has 2 heterocycles. The van der Waals surface area contributed by atoms with Crippen molar-refractivity contribution in [3.63, 3.8) is 0 Å². The van der Waals surface area contributed by atoms with Crippen molar-refractivity contribution in [3.8, 4) is 17.6 Å². The zero-order valence-corrected chi connectivity index (χ0v) is 30.8. The average molecular weight is 693 g/mol. The molecule has 2 aliphatic heterocycles. The highest BCUT2D eigenvalue weighted by Gasteiger charge is 2.51. The first-order chi connectivity index (χ1) is 22.3. The molecule has 1 aliphatic carbocycles. The summed E-state index contributed by atoms with van der Waals surface area (Å²) in [5.74, 6) is 6.52. The van der Waals surface area contributed by atoms with Crippen LogP contribution in [0.15, 0.2) is 42.2 Å². The zero-order chi connectivity index (χ0) is 33.9. The lowest BCUT2D eigenvalue weighted by molar-refractivity contribution is -0.201. The lowest BCUT2D eigenvalue weighted by atomic mass is 9.87. The van der Waals surface area contributed by atoms with Gasteiger partial charge in [-0.2, -0.15) is 8.42 Å². The topological polar surface area (TPSA) is 110 Å². The minimum absolute atomic E-state index is 0.00759. The molecule has 0 radical (unpaired) electrons. The summed E-state index contributed by atoms with van der Waals surface area (Å²) in [5.41, 5.74) is 0. The van der Waals surface area contributed by atoms with Crippen LogP contribution in [0.1, 0.15) is 85.0 Å². The first-order valence-electron chi connectivity index (χ1n) is 17.3. The van der Waals surface area contributed by atoms with E-state index in [1.54, 1.807) is 0 Å². The van der Waals surface area contributed by atoms with E-state index < -0.39 is 24.2 Å². The number of rotatable bonds is 14. The molecule has 0 amide bonds. The Hall–Kier alpha value is -1.91. The largest absolute Gasteiger partial charge is 0.493 e. The lowest BCUT2D eigenvalue weighted by Crippen LogP contribution is -2.45. The summed E-state index contributed by atoms with van der Waals surface area (Å²) in [6, 6.07) is 9.78. The van der Waals surface area contributed by atoms with Crippen LogP contribution in [0.25, 0.3) is 0 Å². The maximum absolute atomic E-state index is 11.3. The molecule has 264 valence electrons. The van der Waals surface area contributed by atoms with Crippen LogP contribution in [-0.2, 0) is 33.5 Å². The Morgan fingerprint density at radius 2 is 1.68 bits per heavy atom. The van der Waals surface area contributed by atoms with Gasteiger partial charge in [-0.3, -0.25) is 4.55 Å². The standard InChI is InChI=1S/C36H56O9SSi/c1-36(2,3)47(4,5)45-31-27-32(44-34-22-12-14-24-42-34)35(29(31)19-10-7-15-26-46(37,38)39)30(43-33-21-11-13-23-41-33)20-16-25-40-28-17-8-6-9-18-28/h6,8-9,17-18,20,29,31-35H,10-14,16,19,21-27H2,1-5H3,(H,37,38,39)/t29-,31-,32+,33?,34?,35-/m1/s1. The molecule has 1 saturated carbocycles. The van der Waals surface area contributed by atoms with Crippen LogP contribution < -0.4 is 4.74 Å². The van der Waals surface area contributed by atoms with E-state index in [0.717, 1.165) is 50.0 Å². The Kier molecular flexibility index (Phi) is 14.2. The van der Waals surface area contributed by atoms with Crippen molar-refractivity contribution < 1.29 is 41.1 Å². The van der Waals surface area contributed by atoms with E-state index in [1.165, 1.54) is 0 Å². The van der Waals surface area contributed by atoms with Crippen LogP contribution in [0, 0.1) is 23.7 Å². The van der Waals surface area contributed by atoms with Crippen molar-refractivity contribution in [2.45, 2.75) is 128 Å². The molecule has 47 heavy (non-hydrogen) atoms. The summed E-state index contributed by atoms with van der Waals surface area (Å²) < 4.78 is 70.7. The molecule has 4 rings (SSSR count). The van der Waals surface area contributed by atoms with E-state index >= 15 is 0 Å². The highest BCUT2D eigenvalue weighted by molar-refractivity contribution is 7.86. The van der Waals surface area contributed by atoms with Gasteiger partial charge in [0.25, 0.3) is 10.1 Å². The molecule has 0 aromatic heterocycles. The normalized spacial score (nSPS) is 27.6. The maximum atomic E-state index is 11.3. The second-order valence-electron chi connectivity index (χ2n) is 14.4. The number of ether oxygens (including phenoxy) is 5. The molecule has 1 aromatic rings. The SMILES string of the molecule is CC(C)(C)[Si](C)(C)O[C@@H]1C[C@H](OC2CCCCO2)[C@@H](C(=CCCOc2ccccc2)OC2CCCCO2)[C@@H]1CCC#CCS(=O)(=O)O. The van der Waals surface area contributed by atoms with Crippen molar-refractivity contribution >= 4 is 18.4 Å². The molecule has 0 bridgehead atoms. The molecule has 2 unspecified atom stereocenters. The molecule has 2 saturated heterocycles. The predicted octanol–water partition coefficient (Wildman–Crippen LogP) is 7.49. The number of para-hydroxylation sites is 1. The first-order valence-corrected chi connectivity index (χ1v) is 21.9. The Balaban J connectivity index is 1.67. The number of benzene rings is 1. The van der Waals surface area contributed by atoms with E-state index in [9.17, 15) is 13.0 Å². The van der Waals surface area contributed by atoms with Crippen LogP contribution in [-0.4, -0.2) is 71.6 Å². The monoisotopic (exact) mass is 692 g/mol. The summed E-state index contributed by atoms with van der Waals surface area (Å²) in [6.45, 7) is 13.1. The lowest BCUT2D eigenvalue weighted by Gasteiger charge is -2.40. The molecule has 1 aromatic carbocycles. The average Bonchev–Trinajstić information content (AvgIpc) is 3.34. The van der Waals surface area contributed by atoms with Crippen molar-refractivity contribution in [1.29, 1.82) is 0 Å². The fourth-order valence-corrected chi connectivity index (χ4v) is 7.91. The summed E-state index contributed by atoms with van der Waals surface area (Å²) in [6.07, 6.45) is 9.42. The molecule has 11 heteroatoms. The molecular weight excluding hydrogens is 637 g/mol. The molecule has 3 aliphatic rings. The van der Waals surface area contributed by atoms with Gasteiger partial charge in [0, 0.05) is 31.8 Å². The van der Waals surface area contributed by atoms with Crippen LogP contribution >= 0.6 is 0 Å². The van der Waals surface area contributed by atoms with Crippen molar-refractivity contribution in [2.24, 2.45) is 11.8 Å². The minimum atomic E-state index is -4.16. The Morgan fingerprint density at radius 1 is 1.00 bits per heavy atom. The number of hydrogen-bond donors (Lipinski definition) is 1. The van der Waals surface area contributed by atoms with Crippen LogP contribution in [0.3, 0.4) is 0 Å². The first kappa shape index (κ1) is 37.9. The minimum Gasteiger partial charge on any atom is -0.493 e. The van der Waals surface area contributed by atoms with Gasteiger partial charge in [-0.15, -0.1) is 5.92 Å². The quantitative estimate of drug-likeness (QED) is 0.0697. The zero-order valence-electron chi connectivity index (χ0n) is 28.9. The van der Waals surface area contributed by atoms with Crippen LogP contribution in [0.4, 0.5) is 0 Å². The van der Waals surface area contributed by atoms with Crippen LogP contribution in [0.2, 0.25) is 18.1 Å². The van der Waals surface area contributed by atoms with Crippen LogP contribution in [0.5, 0.6) is 5.75 Å². The summed E-state index contributed by atoms with van der Waals surface area (Å²) in [7, 11) is -6.34. The third-order valence-electron chi connectivity index (χ3n) is 9.71. The summed E-state index contributed by atoms with van der Waals surface area (Å²) >= 11 is 0. The molecular formula is C36H56O9SSi. The maximum Gasteiger partial charge on any atom is 0.276 e. The molecule has 0 spiro atoms. The fraction of sp³-hybridized carbons (Fsp3) is 0.722. The van der Waals surface area contributed by atoms with Gasteiger partial charge in [0.2, 0.25) is 0 Å². The Morgan fingerprint density at radius 3 is 2.30 bits per heavy atom. The van der Waals surface area contributed by atoms with E-state index in [-0.39, 0.29) is 41.7 Å². The van der Waals surface area contributed by atoms with E-state index in [1.807, 2.05) is 30.3 Å².